The Morgan fingerprint density at radius 2 is 1.82 bits per heavy atom. The highest BCUT2D eigenvalue weighted by Gasteiger charge is 2.59. The van der Waals surface area contributed by atoms with E-state index in [1.165, 1.54) is 64.2 Å². The Morgan fingerprint density at radius 3 is 2.48 bits per heavy atom. The molecular weight excluding hydrogens is 404 g/mol. The first kappa shape index (κ1) is 24.4. The number of rotatable bonds is 6. The second-order valence-electron chi connectivity index (χ2n) is 14.2. The van der Waals surface area contributed by atoms with E-state index in [1.54, 1.807) is 5.57 Å². The summed E-state index contributed by atoms with van der Waals surface area (Å²) < 4.78 is 0. The third-order valence-corrected chi connectivity index (χ3v) is 12.8. The molecule has 0 aromatic carbocycles. The maximum Gasteiger partial charge on any atom is 0.0682 e. The molecule has 0 bridgehead atoms. The van der Waals surface area contributed by atoms with Gasteiger partial charge < -0.3 is 10.2 Å². The van der Waals surface area contributed by atoms with Crippen LogP contribution in [-0.4, -0.2) is 21.4 Å². The summed E-state index contributed by atoms with van der Waals surface area (Å²) in [4.78, 5) is 0. The number of allylic oxidation sites excluding steroid dienone is 1. The Bertz CT molecular complexity index is 765. The van der Waals surface area contributed by atoms with Crippen molar-refractivity contribution in [2.24, 2.45) is 46.3 Å². The smallest absolute Gasteiger partial charge is 0.0682 e. The Hall–Kier alpha value is -0.340. The number of aliphatic hydroxyl groups is 2. The summed E-state index contributed by atoms with van der Waals surface area (Å²) >= 11 is 0. The van der Waals surface area contributed by atoms with Gasteiger partial charge in [-0.3, -0.25) is 0 Å². The van der Waals surface area contributed by atoms with Gasteiger partial charge in [-0.2, -0.15) is 0 Å². The van der Waals surface area contributed by atoms with E-state index in [4.69, 9.17) is 0 Å². The molecule has 4 fully saturated rings. The molecule has 0 aromatic heterocycles. The van der Waals surface area contributed by atoms with E-state index in [0.717, 1.165) is 55.3 Å². The molecule has 2 N–H and O–H groups in total. The molecular formula is C31H52O2. The molecule has 9 atom stereocenters. The summed E-state index contributed by atoms with van der Waals surface area (Å²) in [6, 6.07) is 0. The minimum atomic E-state index is -0.448. The predicted octanol–water partition coefficient (Wildman–Crippen LogP) is 7.67. The summed E-state index contributed by atoms with van der Waals surface area (Å²) in [6.45, 7) is 12.0. The van der Waals surface area contributed by atoms with E-state index in [0.29, 0.717) is 16.7 Å². The van der Waals surface area contributed by atoms with E-state index in [1.807, 2.05) is 0 Å². The summed E-state index contributed by atoms with van der Waals surface area (Å²) in [5.41, 5.74) is 1.53. The molecule has 188 valence electrons. The lowest BCUT2D eigenvalue weighted by Crippen LogP contribution is -2.52. The van der Waals surface area contributed by atoms with E-state index in [-0.39, 0.29) is 0 Å². The van der Waals surface area contributed by atoms with Crippen LogP contribution >= 0.6 is 0 Å². The van der Waals surface area contributed by atoms with Crippen molar-refractivity contribution < 1.29 is 10.2 Å². The number of fused-ring (bicyclic) bond motifs is 5. The van der Waals surface area contributed by atoms with Crippen molar-refractivity contribution in [3.63, 3.8) is 0 Å². The van der Waals surface area contributed by atoms with Crippen molar-refractivity contribution in [3.8, 4) is 0 Å². The molecule has 0 aliphatic heterocycles. The summed E-state index contributed by atoms with van der Waals surface area (Å²) in [6.07, 6.45) is 19.4. The van der Waals surface area contributed by atoms with Gasteiger partial charge in [0.15, 0.2) is 0 Å². The van der Waals surface area contributed by atoms with Gasteiger partial charge in [-0.15, -0.1) is 0 Å². The van der Waals surface area contributed by atoms with Crippen LogP contribution in [0.25, 0.3) is 0 Å². The lowest BCUT2D eigenvalue weighted by molar-refractivity contribution is -0.0783. The van der Waals surface area contributed by atoms with E-state index in [2.05, 4.69) is 40.7 Å². The SMILES string of the molecule is CC[C@]1(O)CC[C@@]2(C)C(=CC[C@H]3[C@@H]4CC[C@H]([C@H](C)CCC(C)(O)C5CCC5)[C@@]4(C)CC[C@@H]32)C1. The van der Waals surface area contributed by atoms with Crippen molar-refractivity contribution in [1.82, 2.24) is 0 Å². The molecule has 0 spiro atoms. The van der Waals surface area contributed by atoms with E-state index < -0.39 is 11.2 Å². The Labute approximate surface area is 204 Å². The maximum atomic E-state index is 11.0. The van der Waals surface area contributed by atoms with Crippen LogP contribution in [0.3, 0.4) is 0 Å². The van der Waals surface area contributed by atoms with Gasteiger partial charge in [0.25, 0.3) is 0 Å². The van der Waals surface area contributed by atoms with Gasteiger partial charge in [0.2, 0.25) is 0 Å². The standard InChI is InChI=1S/C31H52O2/c1-6-31(33)19-18-28(3)23(20-31)10-11-24-26-13-12-25(29(26,4)16-15-27(24)28)21(2)14-17-30(5,32)22-8-7-9-22/h10,21-22,24-27,32-33H,6-9,11-20H2,1-5H3/t21-,24+,25-,26+,27+,28+,29-,30?,31+/m1/s1. The minimum Gasteiger partial charge on any atom is -0.390 e. The Kier molecular flexibility index (Phi) is 6.17. The molecule has 0 heterocycles. The van der Waals surface area contributed by atoms with Crippen LogP contribution in [0.2, 0.25) is 0 Å². The first-order valence-electron chi connectivity index (χ1n) is 14.7. The largest absolute Gasteiger partial charge is 0.390 e. The minimum absolute atomic E-state index is 0.330. The lowest BCUT2D eigenvalue weighted by atomic mass is 9.46. The molecule has 1 unspecified atom stereocenters. The molecule has 0 amide bonds. The van der Waals surface area contributed by atoms with Crippen molar-refractivity contribution >= 4 is 0 Å². The van der Waals surface area contributed by atoms with Crippen molar-refractivity contribution in [1.29, 1.82) is 0 Å². The predicted molar refractivity (Wildman–Crippen MR) is 137 cm³/mol. The molecule has 0 saturated heterocycles. The molecule has 2 heteroatoms. The zero-order valence-electron chi connectivity index (χ0n) is 22.3. The molecule has 2 nitrogen and oxygen atoms in total. The molecule has 0 aromatic rings. The average molecular weight is 457 g/mol. The summed E-state index contributed by atoms with van der Waals surface area (Å²) in [5, 5.41) is 22.1. The fraction of sp³-hybridized carbons (Fsp3) is 0.935. The summed E-state index contributed by atoms with van der Waals surface area (Å²) in [5.74, 6) is 4.65. The third kappa shape index (κ3) is 3.89. The fourth-order valence-corrected chi connectivity index (χ4v) is 9.94. The van der Waals surface area contributed by atoms with Gasteiger partial charge in [0.1, 0.15) is 0 Å². The molecule has 33 heavy (non-hydrogen) atoms. The second-order valence-corrected chi connectivity index (χ2v) is 14.2. The number of hydrogen-bond donors (Lipinski definition) is 2. The lowest BCUT2D eigenvalue weighted by Gasteiger charge is -2.59. The summed E-state index contributed by atoms with van der Waals surface area (Å²) in [7, 11) is 0. The first-order valence-corrected chi connectivity index (χ1v) is 14.7. The second kappa shape index (κ2) is 8.36. The molecule has 0 radical (unpaired) electrons. The van der Waals surface area contributed by atoms with Gasteiger partial charge in [-0.25, -0.2) is 0 Å². The zero-order valence-corrected chi connectivity index (χ0v) is 22.3. The maximum absolute atomic E-state index is 11.0. The topological polar surface area (TPSA) is 40.5 Å². The van der Waals surface area contributed by atoms with Gasteiger partial charge in [0.05, 0.1) is 11.2 Å². The van der Waals surface area contributed by atoms with Gasteiger partial charge in [-0.05, 0) is 137 Å². The Morgan fingerprint density at radius 1 is 1.06 bits per heavy atom. The molecule has 5 aliphatic carbocycles. The van der Waals surface area contributed by atoms with Crippen LogP contribution in [0.1, 0.15) is 125 Å². The van der Waals surface area contributed by atoms with Crippen LogP contribution in [0, 0.1) is 46.3 Å². The first-order chi connectivity index (χ1) is 15.5. The Balaban J connectivity index is 1.29. The van der Waals surface area contributed by atoms with Gasteiger partial charge in [0, 0.05) is 0 Å². The molecule has 4 saturated carbocycles. The van der Waals surface area contributed by atoms with Crippen LogP contribution in [0.15, 0.2) is 11.6 Å². The van der Waals surface area contributed by atoms with Crippen molar-refractivity contribution in [2.45, 2.75) is 136 Å². The van der Waals surface area contributed by atoms with Crippen molar-refractivity contribution in [3.05, 3.63) is 11.6 Å². The zero-order chi connectivity index (χ0) is 23.6. The number of hydrogen-bond acceptors (Lipinski definition) is 2. The highest BCUT2D eigenvalue weighted by Crippen LogP contribution is 2.68. The van der Waals surface area contributed by atoms with E-state index in [9.17, 15) is 10.2 Å². The van der Waals surface area contributed by atoms with Gasteiger partial charge in [-0.1, -0.05) is 45.8 Å². The normalized spacial score (nSPS) is 48.0. The van der Waals surface area contributed by atoms with Crippen molar-refractivity contribution in [2.75, 3.05) is 0 Å². The van der Waals surface area contributed by atoms with E-state index >= 15 is 0 Å². The molecule has 5 rings (SSSR count). The molecule has 5 aliphatic rings. The van der Waals surface area contributed by atoms with Crippen LogP contribution in [0.4, 0.5) is 0 Å². The average Bonchev–Trinajstić information content (AvgIpc) is 3.08. The highest BCUT2D eigenvalue weighted by molar-refractivity contribution is 5.27. The van der Waals surface area contributed by atoms with Crippen LogP contribution in [0.5, 0.6) is 0 Å². The fourth-order valence-electron chi connectivity index (χ4n) is 9.94. The monoisotopic (exact) mass is 456 g/mol. The highest BCUT2D eigenvalue weighted by atomic mass is 16.3. The quantitative estimate of drug-likeness (QED) is 0.402. The van der Waals surface area contributed by atoms with Gasteiger partial charge >= 0.3 is 0 Å². The van der Waals surface area contributed by atoms with Crippen LogP contribution < -0.4 is 0 Å². The van der Waals surface area contributed by atoms with Crippen LogP contribution in [-0.2, 0) is 0 Å². The third-order valence-electron chi connectivity index (χ3n) is 12.8.